The molecule has 29 heavy (non-hydrogen) atoms. The van der Waals surface area contributed by atoms with Crippen molar-refractivity contribution in [2.75, 3.05) is 6.79 Å². The Balaban J connectivity index is 1.30. The standard InChI is InChI=1S/C22H17ClN2O3S/c23-18-6-8-19(9-7-18)29-13-15-1-4-17(5-2-15)22(26)25-24-12-16-3-10-20-21(11-16)28-14-27-20/h1-12H,13-14H2,(H,25,26)/b24-12-. The second-order valence-electron chi connectivity index (χ2n) is 6.25. The minimum atomic E-state index is -0.265. The van der Waals surface area contributed by atoms with E-state index in [-0.39, 0.29) is 12.7 Å². The largest absolute Gasteiger partial charge is 0.454 e. The second-order valence-corrected chi connectivity index (χ2v) is 7.74. The van der Waals surface area contributed by atoms with Gasteiger partial charge >= 0.3 is 0 Å². The molecule has 1 N–H and O–H groups in total. The summed E-state index contributed by atoms with van der Waals surface area (Å²) in [5.41, 5.74) is 5.03. The van der Waals surface area contributed by atoms with Crippen LogP contribution in [0.4, 0.5) is 0 Å². The topological polar surface area (TPSA) is 59.9 Å². The predicted octanol–water partition coefficient (Wildman–Crippen LogP) is 5.12. The molecule has 1 amide bonds. The molecule has 3 aromatic carbocycles. The van der Waals surface area contributed by atoms with Crippen LogP contribution in [0.2, 0.25) is 5.02 Å². The second kappa shape index (κ2) is 9.03. The van der Waals surface area contributed by atoms with Crippen molar-refractivity contribution >= 4 is 35.5 Å². The fourth-order valence-electron chi connectivity index (χ4n) is 2.67. The van der Waals surface area contributed by atoms with Gasteiger partial charge in [0.05, 0.1) is 6.21 Å². The van der Waals surface area contributed by atoms with Crippen LogP contribution >= 0.6 is 23.4 Å². The lowest BCUT2D eigenvalue weighted by Crippen LogP contribution is -2.17. The van der Waals surface area contributed by atoms with Gasteiger partial charge in [0.2, 0.25) is 6.79 Å². The van der Waals surface area contributed by atoms with Gasteiger partial charge in [-0.15, -0.1) is 11.8 Å². The van der Waals surface area contributed by atoms with Crippen molar-refractivity contribution in [1.82, 2.24) is 5.43 Å². The van der Waals surface area contributed by atoms with Crippen LogP contribution in [0.1, 0.15) is 21.5 Å². The average molecular weight is 425 g/mol. The summed E-state index contributed by atoms with van der Waals surface area (Å²) in [6.07, 6.45) is 1.57. The van der Waals surface area contributed by atoms with Crippen LogP contribution in [0.3, 0.4) is 0 Å². The number of carbonyl (C=O) groups is 1. The Morgan fingerprint density at radius 3 is 2.59 bits per heavy atom. The zero-order chi connectivity index (χ0) is 20.1. The van der Waals surface area contributed by atoms with Crippen LogP contribution in [0.15, 0.2) is 76.7 Å². The average Bonchev–Trinajstić information content (AvgIpc) is 3.21. The molecule has 0 aliphatic carbocycles. The SMILES string of the molecule is O=C(N/N=C\c1ccc2c(c1)OCO2)c1ccc(CSc2ccc(Cl)cc2)cc1. The van der Waals surface area contributed by atoms with Gasteiger partial charge in [-0.05, 0) is 65.7 Å². The monoisotopic (exact) mass is 424 g/mol. The summed E-state index contributed by atoms with van der Waals surface area (Å²) in [6.45, 7) is 0.223. The number of halogens is 1. The summed E-state index contributed by atoms with van der Waals surface area (Å²) in [5.74, 6) is 1.93. The van der Waals surface area contributed by atoms with Gasteiger partial charge < -0.3 is 9.47 Å². The Labute approximate surface area is 177 Å². The minimum Gasteiger partial charge on any atom is -0.454 e. The number of carbonyl (C=O) groups excluding carboxylic acids is 1. The normalized spacial score (nSPS) is 12.3. The van der Waals surface area contributed by atoms with Crippen LogP contribution in [0.5, 0.6) is 11.5 Å². The molecular weight excluding hydrogens is 408 g/mol. The number of fused-ring (bicyclic) bond motifs is 1. The molecule has 0 fully saturated rings. The van der Waals surface area contributed by atoms with Crippen LogP contribution in [-0.2, 0) is 5.75 Å². The third kappa shape index (κ3) is 5.10. The summed E-state index contributed by atoms with van der Waals surface area (Å²) in [6, 6.07) is 20.7. The highest BCUT2D eigenvalue weighted by Gasteiger charge is 2.12. The van der Waals surface area contributed by atoms with E-state index in [0.29, 0.717) is 17.1 Å². The third-order valence-corrected chi connectivity index (χ3v) is 5.55. The van der Waals surface area contributed by atoms with Gasteiger partial charge in [0.25, 0.3) is 5.91 Å². The first-order chi connectivity index (χ1) is 14.2. The quantitative estimate of drug-likeness (QED) is 0.339. The first-order valence-corrected chi connectivity index (χ1v) is 10.2. The van der Waals surface area contributed by atoms with Gasteiger partial charge in [-0.25, -0.2) is 5.43 Å². The predicted molar refractivity (Wildman–Crippen MR) is 115 cm³/mol. The molecule has 3 aromatic rings. The molecule has 0 unspecified atom stereocenters. The maximum atomic E-state index is 12.3. The van der Waals surface area contributed by atoms with Crippen LogP contribution < -0.4 is 14.9 Å². The summed E-state index contributed by atoms with van der Waals surface area (Å²) < 4.78 is 10.6. The zero-order valence-corrected chi connectivity index (χ0v) is 16.9. The summed E-state index contributed by atoms with van der Waals surface area (Å²) in [7, 11) is 0. The van der Waals surface area contributed by atoms with Crippen molar-refractivity contribution in [3.05, 3.63) is 88.4 Å². The van der Waals surface area contributed by atoms with Gasteiger partial charge in [-0.2, -0.15) is 5.10 Å². The Kier molecular flexibility index (Phi) is 6.03. The molecule has 0 aromatic heterocycles. The highest BCUT2D eigenvalue weighted by atomic mass is 35.5. The lowest BCUT2D eigenvalue weighted by Gasteiger charge is -2.04. The Morgan fingerprint density at radius 1 is 1.03 bits per heavy atom. The Hall–Kier alpha value is -2.96. The minimum absolute atomic E-state index is 0.223. The van der Waals surface area contributed by atoms with Crippen molar-refractivity contribution in [2.24, 2.45) is 5.10 Å². The molecule has 4 rings (SSSR count). The molecule has 0 saturated heterocycles. The van der Waals surface area contributed by atoms with Crippen molar-refractivity contribution < 1.29 is 14.3 Å². The molecule has 0 atom stereocenters. The zero-order valence-electron chi connectivity index (χ0n) is 15.3. The van der Waals surface area contributed by atoms with E-state index in [2.05, 4.69) is 10.5 Å². The lowest BCUT2D eigenvalue weighted by atomic mass is 10.1. The van der Waals surface area contributed by atoms with Gasteiger partial charge in [-0.1, -0.05) is 23.7 Å². The van der Waals surface area contributed by atoms with Gasteiger partial charge in [0.1, 0.15) is 0 Å². The third-order valence-electron chi connectivity index (χ3n) is 4.21. The number of rotatable bonds is 6. The molecule has 0 spiro atoms. The number of nitrogens with zero attached hydrogens (tertiary/aromatic N) is 1. The fourth-order valence-corrected chi connectivity index (χ4v) is 3.65. The van der Waals surface area contributed by atoms with E-state index in [1.54, 1.807) is 30.1 Å². The van der Waals surface area contributed by atoms with E-state index in [0.717, 1.165) is 26.8 Å². The van der Waals surface area contributed by atoms with Gasteiger partial charge in [0, 0.05) is 21.2 Å². The molecule has 7 heteroatoms. The number of nitrogens with one attached hydrogen (secondary N) is 1. The van der Waals surface area contributed by atoms with Crippen LogP contribution in [0, 0.1) is 0 Å². The van der Waals surface area contributed by atoms with Crippen molar-refractivity contribution in [2.45, 2.75) is 10.6 Å². The smallest absolute Gasteiger partial charge is 0.271 e. The fraction of sp³-hybridized carbons (Fsp3) is 0.0909. The van der Waals surface area contributed by atoms with Gasteiger partial charge in [0.15, 0.2) is 11.5 Å². The molecule has 1 aliphatic heterocycles. The molecule has 1 heterocycles. The Morgan fingerprint density at radius 2 is 1.79 bits per heavy atom. The maximum Gasteiger partial charge on any atom is 0.271 e. The highest BCUT2D eigenvalue weighted by Crippen LogP contribution is 2.32. The molecule has 5 nitrogen and oxygen atoms in total. The van der Waals surface area contributed by atoms with Gasteiger partial charge in [-0.3, -0.25) is 4.79 Å². The number of benzene rings is 3. The van der Waals surface area contributed by atoms with E-state index < -0.39 is 0 Å². The maximum absolute atomic E-state index is 12.3. The number of hydrogen-bond acceptors (Lipinski definition) is 5. The molecular formula is C22H17ClN2O3S. The van der Waals surface area contributed by atoms with Crippen molar-refractivity contribution in [3.63, 3.8) is 0 Å². The molecule has 0 radical (unpaired) electrons. The van der Waals surface area contributed by atoms with E-state index in [4.69, 9.17) is 21.1 Å². The van der Waals surface area contributed by atoms with E-state index in [1.165, 1.54) is 0 Å². The number of amides is 1. The molecule has 1 aliphatic rings. The number of ether oxygens (including phenoxy) is 2. The first-order valence-electron chi connectivity index (χ1n) is 8.88. The van der Waals surface area contributed by atoms with E-state index >= 15 is 0 Å². The first kappa shape index (κ1) is 19.4. The number of thioether (sulfide) groups is 1. The lowest BCUT2D eigenvalue weighted by molar-refractivity contribution is 0.0955. The van der Waals surface area contributed by atoms with E-state index in [9.17, 15) is 4.79 Å². The van der Waals surface area contributed by atoms with Crippen LogP contribution in [-0.4, -0.2) is 18.9 Å². The van der Waals surface area contributed by atoms with Crippen molar-refractivity contribution in [3.8, 4) is 11.5 Å². The Bertz CT molecular complexity index is 1040. The summed E-state index contributed by atoms with van der Waals surface area (Å²) in [4.78, 5) is 13.4. The number of hydrazone groups is 1. The number of hydrogen-bond donors (Lipinski definition) is 1. The van der Waals surface area contributed by atoms with Crippen LogP contribution in [0.25, 0.3) is 0 Å². The van der Waals surface area contributed by atoms with Crippen molar-refractivity contribution in [1.29, 1.82) is 0 Å². The summed E-state index contributed by atoms with van der Waals surface area (Å²) in [5, 5.41) is 4.74. The van der Waals surface area contributed by atoms with E-state index in [1.807, 2.05) is 54.6 Å². The molecule has 146 valence electrons. The molecule has 0 saturated carbocycles. The summed E-state index contributed by atoms with van der Waals surface area (Å²) >= 11 is 7.62. The molecule has 0 bridgehead atoms. The highest BCUT2D eigenvalue weighted by molar-refractivity contribution is 7.98.